The van der Waals surface area contributed by atoms with E-state index in [4.69, 9.17) is 5.73 Å². The van der Waals surface area contributed by atoms with E-state index in [1.807, 2.05) is 6.07 Å². The van der Waals surface area contributed by atoms with Gasteiger partial charge in [-0.3, -0.25) is 4.79 Å². The first-order chi connectivity index (χ1) is 6.54. The Hall–Kier alpha value is -0.100. The van der Waals surface area contributed by atoms with Crippen molar-refractivity contribution >= 4 is 50.2 Å². The Labute approximate surface area is 111 Å². The van der Waals surface area contributed by atoms with Gasteiger partial charge < -0.3 is 10.5 Å². The maximum Gasteiger partial charge on any atom is 0.327 e. The Balaban J connectivity index is 0.00000196. The molecule has 0 aliphatic heterocycles. The molecule has 6 heteroatoms. The molecule has 3 nitrogen and oxygen atoms in total. The molecule has 0 heterocycles. The Bertz CT molecular complexity index is 340. The summed E-state index contributed by atoms with van der Waals surface area (Å²) in [6, 6.07) is 4.69. The zero-order valence-corrected chi connectivity index (χ0v) is 11.9. The van der Waals surface area contributed by atoms with Crippen molar-refractivity contribution in [2.24, 2.45) is 5.73 Å². The second-order valence-corrected chi connectivity index (χ2v) is 4.53. The molecular weight excluding hydrogens is 349 g/mol. The van der Waals surface area contributed by atoms with Crippen molar-refractivity contribution in [1.29, 1.82) is 0 Å². The molecule has 0 saturated carbocycles. The Morgan fingerprint density at radius 2 is 1.80 bits per heavy atom. The maximum absolute atomic E-state index is 11.2. The van der Waals surface area contributed by atoms with E-state index in [9.17, 15) is 4.79 Å². The second kappa shape index (κ2) is 6.48. The number of carbonyl (C=O) groups excluding carboxylic acids is 1. The molecule has 0 spiro atoms. The summed E-state index contributed by atoms with van der Waals surface area (Å²) in [6.07, 6.45) is 0. The van der Waals surface area contributed by atoms with Crippen molar-refractivity contribution < 1.29 is 9.53 Å². The Morgan fingerprint density at radius 1 is 1.33 bits per heavy atom. The lowest BCUT2D eigenvalue weighted by molar-refractivity contribution is -0.142. The van der Waals surface area contributed by atoms with E-state index < -0.39 is 12.0 Å². The predicted molar refractivity (Wildman–Crippen MR) is 68.0 cm³/mol. The van der Waals surface area contributed by atoms with Crippen molar-refractivity contribution in [3.8, 4) is 0 Å². The molecule has 0 fully saturated rings. The van der Waals surface area contributed by atoms with Gasteiger partial charge in [0.1, 0.15) is 6.04 Å². The number of ether oxygens (including phenoxy) is 1. The summed E-state index contributed by atoms with van der Waals surface area (Å²) in [5, 5.41) is 0. The van der Waals surface area contributed by atoms with Crippen molar-refractivity contribution in [2.75, 3.05) is 7.11 Å². The number of rotatable bonds is 2. The molecule has 84 valence electrons. The van der Waals surface area contributed by atoms with Crippen LogP contribution >= 0.6 is 44.3 Å². The van der Waals surface area contributed by atoms with Crippen LogP contribution in [-0.4, -0.2) is 13.1 Å². The first-order valence-electron chi connectivity index (χ1n) is 3.84. The summed E-state index contributed by atoms with van der Waals surface area (Å²) in [5.41, 5.74) is 6.38. The minimum absolute atomic E-state index is 0. The zero-order valence-electron chi connectivity index (χ0n) is 7.87. The van der Waals surface area contributed by atoms with Gasteiger partial charge in [-0.15, -0.1) is 12.4 Å². The number of hydrogen-bond donors (Lipinski definition) is 1. The summed E-state index contributed by atoms with van der Waals surface area (Å²) in [6.45, 7) is 0. The third-order valence-electron chi connectivity index (χ3n) is 1.70. The Kier molecular flexibility index (Phi) is 6.43. The van der Waals surface area contributed by atoms with Gasteiger partial charge in [0.25, 0.3) is 0 Å². The van der Waals surface area contributed by atoms with E-state index in [-0.39, 0.29) is 12.4 Å². The fourth-order valence-electron chi connectivity index (χ4n) is 1.02. The summed E-state index contributed by atoms with van der Waals surface area (Å²) >= 11 is 6.63. The lowest BCUT2D eigenvalue weighted by Gasteiger charge is -2.10. The number of methoxy groups -OCH3 is 1. The standard InChI is InChI=1S/C9H9Br2NO2.ClH/c1-14-9(13)8(12)5-2-6(10)4-7(11)3-5;/h2-4,8H,12H2,1H3;1H/t8-;/m0./s1. The van der Waals surface area contributed by atoms with E-state index in [1.165, 1.54) is 7.11 Å². The van der Waals surface area contributed by atoms with E-state index in [0.717, 1.165) is 8.95 Å². The van der Waals surface area contributed by atoms with Crippen LogP contribution in [0.15, 0.2) is 27.1 Å². The first-order valence-corrected chi connectivity index (χ1v) is 5.42. The SMILES string of the molecule is COC(=O)[C@@H](N)c1cc(Br)cc(Br)c1.Cl. The molecule has 2 N–H and O–H groups in total. The molecule has 0 bridgehead atoms. The highest BCUT2D eigenvalue weighted by Gasteiger charge is 2.16. The summed E-state index contributed by atoms with van der Waals surface area (Å²) in [7, 11) is 1.31. The molecular formula is C9H10Br2ClNO2. The fraction of sp³-hybridized carbons (Fsp3) is 0.222. The summed E-state index contributed by atoms with van der Waals surface area (Å²) < 4.78 is 6.28. The first kappa shape index (κ1) is 14.9. The second-order valence-electron chi connectivity index (χ2n) is 2.70. The molecule has 0 aromatic heterocycles. The molecule has 0 saturated heterocycles. The van der Waals surface area contributed by atoms with Gasteiger partial charge in [-0.25, -0.2) is 0 Å². The third kappa shape index (κ3) is 4.10. The smallest absolute Gasteiger partial charge is 0.327 e. The number of hydrogen-bond acceptors (Lipinski definition) is 3. The molecule has 1 aromatic carbocycles. The van der Waals surface area contributed by atoms with Gasteiger partial charge in [0, 0.05) is 8.95 Å². The van der Waals surface area contributed by atoms with Crippen LogP contribution < -0.4 is 5.73 Å². The van der Waals surface area contributed by atoms with Crippen LogP contribution in [0.1, 0.15) is 11.6 Å². The molecule has 0 radical (unpaired) electrons. The number of carbonyl (C=O) groups is 1. The number of nitrogens with two attached hydrogens (primary N) is 1. The topological polar surface area (TPSA) is 52.3 Å². The predicted octanol–water partition coefficient (Wildman–Crippen LogP) is 2.81. The molecule has 1 atom stereocenters. The van der Waals surface area contributed by atoms with Gasteiger partial charge in [-0.05, 0) is 23.8 Å². The van der Waals surface area contributed by atoms with Gasteiger partial charge in [0.15, 0.2) is 0 Å². The normalized spacial score (nSPS) is 11.5. The number of benzene rings is 1. The van der Waals surface area contributed by atoms with E-state index in [1.54, 1.807) is 12.1 Å². The van der Waals surface area contributed by atoms with Crippen LogP contribution in [0.25, 0.3) is 0 Å². The van der Waals surface area contributed by atoms with Gasteiger partial charge in [-0.2, -0.15) is 0 Å². The third-order valence-corrected chi connectivity index (χ3v) is 2.61. The average Bonchev–Trinajstić information content (AvgIpc) is 2.14. The van der Waals surface area contributed by atoms with Crippen LogP contribution in [0, 0.1) is 0 Å². The van der Waals surface area contributed by atoms with E-state index in [2.05, 4.69) is 36.6 Å². The van der Waals surface area contributed by atoms with E-state index in [0.29, 0.717) is 5.56 Å². The zero-order chi connectivity index (χ0) is 10.7. The summed E-state index contributed by atoms with van der Waals surface area (Å²) in [5.74, 6) is -0.449. The molecule has 1 rings (SSSR count). The lowest BCUT2D eigenvalue weighted by Crippen LogP contribution is -2.22. The molecule has 0 amide bonds. The molecule has 0 aliphatic carbocycles. The Morgan fingerprint density at radius 3 is 2.20 bits per heavy atom. The highest BCUT2D eigenvalue weighted by atomic mass is 79.9. The molecule has 15 heavy (non-hydrogen) atoms. The van der Waals surface area contributed by atoms with Crippen molar-refractivity contribution in [2.45, 2.75) is 6.04 Å². The largest absolute Gasteiger partial charge is 0.468 e. The van der Waals surface area contributed by atoms with Gasteiger partial charge in [0.05, 0.1) is 7.11 Å². The van der Waals surface area contributed by atoms with Gasteiger partial charge >= 0.3 is 5.97 Å². The average molecular weight is 359 g/mol. The van der Waals surface area contributed by atoms with Crippen LogP contribution in [0.2, 0.25) is 0 Å². The lowest BCUT2D eigenvalue weighted by atomic mass is 10.1. The van der Waals surface area contributed by atoms with Crippen molar-refractivity contribution in [1.82, 2.24) is 0 Å². The highest BCUT2D eigenvalue weighted by Crippen LogP contribution is 2.23. The summed E-state index contributed by atoms with van der Waals surface area (Å²) in [4.78, 5) is 11.2. The maximum atomic E-state index is 11.2. The van der Waals surface area contributed by atoms with Crippen LogP contribution in [-0.2, 0) is 9.53 Å². The van der Waals surface area contributed by atoms with Crippen molar-refractivity contribution in [3.63, 3.8) is 0 Å². The number of esters is 1. The minimum Gasteiger partial charge on any atom is -0.468 e. The fourth-order valence-corrected chi connectivity index (χ4v) is 2.35. The highest BCUT2D eigenvalue weighted by molar-refractivity contribution is 9.11. The number of halogens is 3. The quantitative estimate of drug-likeness (QED) is 0.826. The minimum atomic E-state index is -0.742. The van der Waals surface area contributed by atoms with Crippen LogP contribution in [0.5, 0.6) is 0 Å². The van der Waals surface area contributed by atoms with Crippen LogP contribution in [0.4, 0.5) is 0 Å². The molecule has 0 unspecified atom stereocenters. The van der Waals surface area contributed by atoms with Crippen molar-refractivity contribution in [3.05, 3.63) is 32.7 Å². The van der Waals surface area contributed by atoms with Gasteiger partial charge in [-0.1, -0.05) is 31.9 Å². The molecule has 1 aromatic rings. The monoisotopic (exact) mass is 357 g/mol. The van der Waals surface area contributed by atoms with Crippen LogP contribution in [0.3, 0.4) is 0 Å². The molecule has 0 aliphatic rings. The van der Waals surface area contributed by atoms with E-state index >= 15 is 0 Å². The van der Waals surface area contributed by atoms with Gasteiger partial charge in [0.2, 0.25) is 0 Å².